The third kappa shape index (κ3) is 5.91. The molecule has 0 aliphatic heterocycles. The van der Waals surface area contributed by atoms with Crippen LogP contribution in [0.15, 0.2) is 23.1 Å². The molecular formula is C15H21N3O6S. The zero-order valence-corrected chi connectivity index (χ0v) is 14.6. The fraction of sp³-hybridized carbons (Fsp3) is 0.467. The number of anilines is 1. The lowest BCUT2D eigenvalue weighted by Gasteiger charge is -2.13. The van der Waals surface area contributed by atoms with E-state index in [0.717, 1.165) is 12.8 Å². The molecule has 1 aliphatic carbocycles. The van der Waals surface area contributed by atoms with Crippen molar-refractivity contribution in [1.29, 1.82) is 0 Å². The molecule has 0 aromatic heterocycles. The molecule has 0 radical (unpaired) electrons. The quantitative estimate of drug-likeness (QED) is 0.481. The van der Waals surface area contributed by atoms with Crippen molar-refractivity contribution in [2.45, 2.75) is 36.6 Å². The maximum atomic E-state index is 12.3. The fourth-order valence-corrected chi connectivity index (χ4v) is 3.38. The van der Waals surface area contributed by atoms with Gasteiger partial charge in [-0.15, -0.1) is 0 Å². The SMILES string of the molecule is COc1ccc(S(=O)(=O)NC2CC2)cc1NC(=O)NCCCC(=O)O. The number of urea groups is 1. The molecule has 25 heavy (non-hydrogen) atoms. The molecule has 1 aromatic rings. The summed E-state index contributed by atoms with van der Waals surface area (Å²) in [6, 6.07) is 3.58. The molecule has 2 rings (SSSR count). The van der Waals surface area contributed by atoms with Gasteiger partial charge in [-0.2, -0.15) is 0 Å². The van der Waals surface area contributed by atoms with Crippen molar-refractivity contribution in [3.63, 3.8) is 0 Å². The first-order chi connectivity index (χ1) is 11.8. The van der Waals surface area contributed by atoms with Gasteiger partial charge >= 0.3 is 12.0 Å². The lowest BCUT2D eigenvalue weighted by molar-refractivity contribution is -0.137. The highest BCUT2D eigenvalue weighted by Crippen LogP contribution is 2.29. The zero-order chi connectivity index (χ0) is 18.4. The van der Waals surface area contributed by atoms with Crippen LogP contribution in [0.25, 0.3) is 0 Å². The Morgan fingerprint density at radius 1 is 1.32 bits per heavy atom. The molecule has 0 unspecified atom stereocenters. The van der Waals surface area contributed by atoms with Gasteiger partial charge in [0.1, 0.15) is 5.75 Å². The van der Waals surface area contributed by atoms with Crippen molar-refractivity contribution in [2.75, 3.05) is 19.0 Å². The first kappa shape index (κ1) is 19.0. The molecule has 0 heterocycles. The van der Waals surface area contributed by atoms with E-state index in [1.165, 1.54) is 25.3 Å². The smallest absolute Gasteiger partial charge is 0.319 e. The van der Waals surface area contributed by atoms with E-state index in [1.54, 1.807) is 0 Å². The van der Waals surface area contributed by atoms with Crippen LogP contribution in [0.5, 0.6) is 5.75 Å². The van der Waals surface area contributed by atoms with Crippen LogP contribution in [-0.2, 0) is 14.8 Å². The van der Waals surface area contributed by atoms with E-state index in [0.29, 0.717) is 12.2 Å². The average Bonchev–Trinajstić information content (AvgIpc) is 3.34. The standard InChI is InChI=1S/C15H21N3O6S/c1-24-13-7-6-11(25(22,23)18-10-4-5-10)9-12(13)17-15(21)16-8-2-3-14(19)20/h6-7,9-10,18H,2-5,8H2,1H3,(H,19,20)(H2,16,17,21). The van der Waals surface area contributed by atoms with E-state index in [1.807, 2.05) is 0 Å². The number of benzene rings is 1. The highest BCUT2D eigenvalue weighted by Gasteiger charge is 2.28. The van der Waals surface area contributed by atoms with Crippen molar-refractivity contribution < 1.29 is 27.9 Å². The predicted molar refractivity (Wildman–Crippen MR) is 90.2 cm³/mol. The van der Waals surface area contributed by atoms with E-state index in [9.17, 15) is 18.0 Å². The summed E-state index contributed by atoms with van der Waals surface area (Å²) < 4.78 is 32.2. The topological polar surface area (TPSA) is 134 Å². The van der Waals surface area contributed by atoms with Gasteiger partial charge in [0.2, 0.25) is 10.0 Å². The van der Waals surface area contributed by atoms with Crippen molar-refractivity contribution >= 4 is 27.7 Å². The summed E-state index contributed by atoms with van der Waals surface area (Å²) in [4.78, 5) is 22.3. The minimum atomic E-state index is -3.65. The number of amides is 2. The lowest BCUT2D eigenvalue weighted by Crippen LogP contribution is -2.30. The van der Waals surface area contributed by atoms with Gasteiger partial charge in [0.15, 0.2) is 0 Å². The Morgan fingerprint density at radius 3 is 2.64 bits per heavy atom. The molecule has 9 nitrogen and oxygen atoms in total. The average molecular weight is 371 g/mol. The van der Waals surface area contributed by atoms with Gasteiger partial charge in [-0.1, -0.05) is 0 Å². The van der Waals surface area contributed by atoms with Crippen LogP contribution in [0, 0.1) is 0 Å². The summed E-state index contributed by atoms with van der Waals surface area (Å²) in [6.07, 6.45) is 1.88. The van der Waals surface area contributed by atoms with E-state index in [2.05, 4.69) is 15.4 Å². The molecular weight excluding hydrogens is 350 g/mol. The summed E-state index contributed by atoms with van der Waals surface area (Å²) in [5.41, 5.74) is 0.205. The normalized spacial score (nSPS) is 14.0. The number of carbonyl (C=O) groups is 2. The van der Waals surface area contributed by atoms with Crippen molar-refractivity contribution in [1.82, 2.24) is 10.0 Å². The molecule has 0 bridgehead atoms. The molecule has 1 aliphatic rings. The van der Waals surface area contributed by atoms with E-state index >= 15 is 0 Å². The van der Waals surface area contributed by atoms with Crippen molar-refractivity contribution in [3.05, 3.63) is 18.2 Å². The molecule has 1 saturated carbocycles. The molecule has 0 saturated heterocycles. The number of aliphatic carboxylic acids is 1. The number of hydrogen-bond donors (Lipinski definition) is 4. The number of rotatable bonds is 9. The highest BCUT2D eigenvalue weighted by molar-refractivity contribution is 7.89. The van der Waals surface area contributed by atoms with Crippen LogP contribution in [-0.4, -0.2) is 45.2 Å². The van der Waals surface area contributed by atoms with Crippen molar-refractivity contribution in [2.24, 2.45) is 0 Å². The van der Waals surface area contributed by atoms with Gasteiger partial charge in [-0.05, 0) is 37.5 Å². The van der Waals surface area contributed by atoms with Crippen molar-refractivity contribution in [3.8, 4) is 5.75 Å². The number of carboxylic acids is 1. The largest absolute Gasteiger partial charge is 0.495 e. The summed E-state index contributed by atoms with van der Waals surface area (Å²) in [5, 5.41) is 13.6. The maximum Gasteiger partial charge on any atom is 0.319 e. The Kier molecular flexibility index (Phi) is 6.21. The number of carboxylic acid groups (broad SMARTS) is 1. The number of nitrogens with one attached hydrogen (secondary N) is 3. The van der Waals surface area contributed by atoms with E-state index in [-0.39, 0.29) is 29.6 Å². The first-order valence-corrected chi connectivity index (χ1v) is 9.27. The van der Waals surface area contributed by atoms with Gasteiger partial charge in [0, 0.05) is 19.0 Å². The van der Waals surface area contributed by atoms with Crippen LogP contribution < -0.4 is 20.1 Å². The lowest BCUT2D eigenvalue weighted by atomic mass is 10.3. The third-order valence-electron chi connectivity index (χ3n) is 3.48. The summed E-state index contributed by atoms with van der Waals surface area (Å²) in [5.74, 6) is -0.629. The molecule has 2 amide bonds. The molecule has 0 spiro atoms. The summed E-state index contributed by atoms with van der Waals surface area (Å²) in [6.45, 7) is 0.182. The molecule has 4 N–H and O–H groups in total. The molecule has 0 atom stereocenters. The number of methoxy groups -OCH3 is 1. The minimum Gasteiger partial charge on any atom is -0.495 e. The predicted octanol–water partition coefficient (Wildman–Crippen LogP) is 1.12. The first-order valence-electron chi connectivity index (χ1n) is 7.79. The Hall–Kier alpha value is -2.33. The number of hydrogen-bond acceptors (Lipinski definition) is 5. The Bertz CT molecular complexity index is 746. The van der Waals surface area contributed by atoms with Gasteiger partial charge in [-0.3, -0.25) is 4.79 Å². The van der Waals surface area contributed by atoms with E-state index < -0.39 is 22.0 Å². The minimum absolute atomic E-state index is 0.0268. The number of carbonyl (C=O) groups excluding carboxylic acids is 1. The zero-order valence-electron chi connectivity index (χ0n) is 13.7. The summed E-state index contributed by atoms with van der Waals surface area (Å²) in [7, 11) is -2.25. The van der Waals surface area contributed by atoms with Crippen LogP contribution in [0.2, 0.25) is 0 Å². The monoisotopic (exact) mass is 371 g/mol. The third-order valence-corrected chi connectivity index (χ3v) is 5.00. The summed E-state index contributed by atoms with van der Waals surface area (Å²) >= 11 is 0. The Labute approximate surface area is 145 Å². The molecule has 10 heteroatoms. The molecule has 1 aromatic carbocycles. The second kappa shape index (κ2) is 8.17. The highest BCUT2D eigenvalue weighted by atomic mass is 32.2. The molecule has 138 valence electrons. The van der Waals surface area contributed by atoms with Crippen LogP contribution in [0.4, 0.5) is 10.5 Å². The van der Waals surface area contributed by atoms with Gasteiger partial charge < -0.3 is 20.5 Å². The van der Waals surface area contributed by atoms with Gasteiger partial charge in [-0.25, -0.2) is 17.9 Å². The Morgan fingerprint density at radius 2 is 2.04 bits per heavy atom. The second-order valence-electron chi connectivity index (χ2n) is 5.64. The molecule has 1 fully saturated rings. The van der Waals surface area contributed by atoms with Crippen LogP contribution in [0.3, 0.4) is 0 Å². The van der Waals surface area contributed by atoms with Gasteiger partial charge in [0.05, 0.1) is 17.7 Å². The van der Waals surface area contributed by atoms with E-state index in [4.69, 9.17) is 9.84 Å². The van der Waals surface area contributed by atoms with Gasteiger partial charge in [0.25, 0.3) is 0 Å². The number of sulfonamides is 1. The fourth-order valence-electron chi connectivity index (χ4n) is 2.05. The number of ether oxygens (including phenoxy) is 1. The maximum absolute atomic E-state index is 12.3. The van der Waals surface area contributed by atoms with Crippen LogP contribution >= 0.6 is 0 Å². The Balaban J connectivity index is 2.03. The van der Waals surface area contributed by atoms with Crippen LogP contribution in [0.1, 0.15) is 25.7 Å². The second-order valence-corrected chi connectivity index (χ2v) is 7.35.